The molecule has 0 aliphatic carbocycles. The number of benzene rings is 1. The van der Waals surface area contributed by atoms with Crippen LogP contribution in [0, 0.1) is 16.7 Å². The third kappa shape index (κ3) is 2.94. The molecule has 0 aliphatic rings. The molecule has 1 aromatic heterocycles. The van der Waals surface area contributed by atoms with Crippen molar-refractivity contribution < 1.29 is 4.79 Å². The maximum absolute atomic E-state index is 11.8. The average molecular weight is 290 g/mol. The Hall–Kier alpha value is -1.99. The van der Waals surface area contributed by atoms with E-state index in [1.54, 1.807) is 13.8 Å². The molecule has 0 radical (unpaired) electrons. The van der Waals surface area contributed by atoms with Crippen LogP contribution in [0.5, 0.6) is 0 Å². The van der Waals surface area contributed by atoms with E-state index in [1.807, 2.05) is 30.5 Å². The summed E-state index contributed by atoms with van der Waals surface area (Å²) in [6.07, 6.45) is 2.61. The predicted octanol–water partition coefficient (Wildman–Crippen LogP) is 3.03. The van der Waals surface area contributed by atoms with Crippen LogP contribution < -0.4 is 5.32 Å². The number of aromatic nitrogens is 1. The Morgan fingerprint density at radius 1 is 1.50 bits per heavy atom. The number of fused-ring (bicyclic) bond motifs is 1. The number of carbonyl (C=O) groups is 1. The minimum absolute atomic E-state index is 0.252. The van der Waals surface area contributed by atoms with Gasteiger partial charge in [-0.1, -0.05) is 11.6 Å². The van der Waals surface area contributed by atoms with Crippen LogP contribution in [-0.4, -0.2) is 17.4 Å². The first-order valence-electron chi connectivity index (χ1n) is 6.39. The Bertz CT molecular complexity index is 682. The molecule has 1 heterocycles. The molecule has 0 atom stereocenters. The van der Waals surface area contributed by atoms with Gasteiger partial charge >= 0.3 is 0 Å². The van der Waals surface area contributed by atoms with Gasteiger partial charge < -0.3 is 10.3 Å². The molecular weight excluding hydrogens is 274 g/mol. The van der Waals surface area contributed by atoms with Gasteiger partial charge in [0.25, 0.3) is 0 Å². The quantitative estimate of drug-likeness (QED) is 0.908. The molecule has 0 aliphatic heterocycles. The summed E-state index contributed by atoms with van der Waals surface area (Å²) in [5.74, 6) is -0.252. The lowest BCUT2D eigenvalue weighted by atomic mass is 9.95. The van der Waals surface area contributed by atoms with Crippen LogP contribution in [0.15, 0.2) is 24.4 Å². The Morgan fingerprint density at radius 3 is 2.95 bits per heavy atom. The molecule has 2 aromatic rings. The smallest absolute Gasteiger partial charge is 0.239 e. The zero-order valence-electron chi connectivity index (χ0n) is 11.5. The van der Waals surface area contributed by atoms with Crippen LogP contribution in [0.2, 0.25) is 5.02 Å². The number of amides is 1. The summed E-state index contributed by atoms with van der Waals surface area (Å²) < 4.78 is 0. The number of nitrogens with one attached hydrogen (secondary N) is 2. The first-order valence-corrected chi connectivity index (χ1v) is 6.77. The maximum Gasteiger partial charge on any atom is 0.239 e. The normalized spacial score (nSPS) is 11.3. The summed E-state index contributed by atoms with van der Waals surface area (Å²) in [6.45, 7) is 3.70. The molecule has 0 unspecified atom stereocenters. The van der Waals surface area contributed by atoms with Crippen molar-refractivity contribution in [3.63, 3.8) is 0 Å². The summed E-state index contributed by atoms with van der Waals surface area (Å²) in [5.41, 5.74) is 1.12. The second-order valence-corrected chi connectivity index (χ2v) is 5.68. The highest BCUT2D eigenvalue weighted by molar-refractivity contribution is 6.31. The molecule has 0 fully saturated rings. The van der Waals surface area contributed by atoms with Crippen molar-refractivity contribution in [2.75, 3.05) is 6.54 Å². The largest absolute Gasteiger partial charge is 0.361 e. The van der Waals surface area contributed by atoms with Crippen LogP contribution in [0.4, 0.5) is 0 Å². The second-order valence-electron chi connectivity index (χ2n) is 5.25. The summed E-state index contributed by atoms with van der Waals surface area (Å²) in [5, 5.41) is 13.4. The van der Waals surface area contributed by atoms with Gasteiger partial charge in [0.15, 0.2) is 0 Å². The number of H-pyrrole nitrogens is 1. The molecule has 20 heavy (non-hydrogen) atoms. The second kappa shape index (κ2) is 5.56. The standard InChI is InChI=1S/C15H16ClN3O/c1-15(2,9-17)14(20)18-6-5-10-8-19-13-4-3-11(16)7-12(10)13/h3-4,7-8,19H,5-6H2,1-2H3,(H,18,20). The fourth-order valence-electron chi connectivity index (χ4n) is 1.94. The fourth-order valence-corrected chi connectivity index (χ4v) is 2.11. The highest BCUT2D eigenvalue weighted by atomic mass is 35.5. The third-order valence-corrected chi connectivity index (χ3v) is 3.49. The number of hydrogen-bond acceptors (Lipinski definition) is 2. The molecule has 0 saturated carbocycles. The average Bonchev–Trinajstić information content (AvgIpc) is 2.81. The molecule has 0 spiro atoms. The summed E-state index contributed by atoms with van der Waals surface area (Å²) >= 11 is 5.99. The molecule has 0 bridgehead atoms. The highest BCUT2D eigenvalue weighted by Gasteiger charge is 2.26. The number of aromatic amines is 1. The lowest BCUT2D eigenvalue weighted by Gasteiger charge is -2.14. The molecular formula is C15H16ClN3O. The number of halogens is 1. The highest BCUT2D eigenvalue weighted by Crippen LogP contribution is 2.22. The number of carbonyl (C=O) groups excluding carboxylic acids is 1. The zero-order chi connectivity index (χ0) is 14.8. The van der Waals surface area contributed by atoms with E-state index in [0.717, 1.165) is 16.5 Å². The number of nitriles is 1. The van der Waals surface area contributed by atoms with Gasteiger partial charge in [-0.25, -0.2) is 0 Å². The Kier molecular flexibility index (Phi) is 4.01. The van der Waals surface area contributed by atoms with Gasteiger partial charge in [0, 0.05) is 28.7 Å². The van der Waals surface area contributed by atoms with Gasteiger partial charge in [-0.15, -0.1) is 0 Å². The van der Waals surface area contributed by atoms with E-state index in [0.29, 0.717) is 18.0 Å². The van der Waals surface area contributed by atoms with Gasteiger partial charge in [-0.05, 0) is 44.0 Å². The molecule has 1 amide bonds. The monoisotopic (exact) mass is 289 g/mol. The lowest BCUT2D eigenvalue weighted by Crippen LogP contribution is -2.36. The molecule has 0 saturated heterocycles. The van der Waals surface area contributed by atoms with Gasteiger partial charge in [0.1, 0.15) is 5.41 Å². The number of hydrogen-bond donors (Lipinski definition) is 2. The third-order valence-electron chi connectivity index (χ3n) is 3.26. The van der Waals surface area contributed by atoms with Gasteiger partial charge in [-0.2, -0.15) is 5.26 Å². The zero-order valence-corrected chi connectivity index (χ0v) is 12.2. The van der Waals surface area contributed by atoms with E-state index in [9.17, 15) is 4.79 Å². The Labute approximate surface area is 122 Å². The first kappa shape index (κ1) is 14.4. The van der Waals surface area contributed by atoms with Gasteiger partial charge in [0.2, 0.25) is 5.91 Å². The topological polar surface area (TPSA) is 68.7 Å². The van der Waals surface area contributed by atoms with E-state index in [1.165, 1.54) is 0 Å². The molecule has 2 rings (SSSR count). The molecule has 5 heteroatoms. The van der Waals surface area contributed by atoms with Gasteiger partial charge in [0.05, 0.1) is 6.07 Å². The van der Waals surface area contributed by atoms with E-state index < -0.39 is 5.41 Å². The maximum atomic E-state index is 11.8. The molecule has 1 aromatic carbocycles. The van der Waals surface area contributed by atoms with Crippen molar-refractivity contribution in [2.45, 2.75) is 20.3 Å². The Morgan fingerprint density at radius 2 is 2.25 bits per heavy atom. The minimum atomic E-state index is -0.997. The number of nitrogens with zero attached hydrogens (tertiary/aromatic N) is 1. The lowest BCUT2D eigenvalue weighted by molar-refractivity contribution is -0.126. The molecule has 104 valence electrons. The van der Waals surface area contributed by atoms with Gasteiger partial charge in [-0.3, -0.25) is 4.79 Å². The van der Waals surface area contributed by atoms with Crippen molar-refractivity contribution in [1.29, 1.82) is 5.26 Å². The fraction of sp³-hybridized carbons (Fsp3) is 0.333. The van der Waals surface area contributed by atoms with Crippen LogP contribution in [0.25, 0.3) is 10.9 Å². The SMILES string of the molecule is CC(C)(C#N)C(=O)NCCc1c[nH]c2ccc(Cl)cc12. The van der Waals surface area contributed by atoms with Crippen molar-refractivity contribution in [3.8, 4) is 6.07 Å². The molecule has 2 N–H and O–H groups in total. The minimum Gasteiger partial charge on any atom is -0.361 e. The van der Waals surface area contributed by atoms with Crippen molar-refractivity contribution >= 4 is 28.4 Å². The van der Waals surface area contributed by atoms with Crippen molar-refractivity contribution in [1.82, 2.24) is 10.3 Å². The summed E-state index contributed by atoms with van der Waals surface area (Å²) in [7, 11) is 0. The van der Waals surface area contributed by atoms with Crippen LogP contribution in [-0.2, 0) is 11.2 Å². The summed E-state index contributed by atoms with van der Waals surface area (Å²) in [4.78, 5) is 15.0. The predicted molar refractivity (Wildman–Crippen MR) is 79.4 cm³/mol. The van der Waals surface area contributed by atoms with Crippen LogP contribution in [0.1, 0.15) is 19.4 Å². The first-order chi connectivity index (χ1) is 9.44. The summed E-state index contributed by atoms with van der Waals surface area (Å²) in [6, 6.07) is 7.66. The Balaban J connectivity index is 2.02. The number of rotatable bonds is 4. The van der Waals surface area contributed by atoms with E-state index in [2.05, 4.69) is 10.3 Å². The van der Waals surface area contributed by atoms with E-state index in [4.69, 9.17) is 16.9 Å². The van der Waals surface area contributed by atoms with E-state index >= 15 is 0 Å². The van der Waals surface area contributed by atoms with Crippen LogP contribution >= 0.6 is 11.6 Å². The van der Waals surface area contributed by atoms with E-state index in [-0.39, 0.29) is 5.91 Å². The van der Waals surface area contributed by atoms with Crippen LogP contribution in [0.3, 0.4) is 0 Å². The van der Waals surface area contributed by atoms with Crippen molar-refractivity contribution in [3.05, 3.63) is 35.0 Å². The molecule has 4 nitrogen and oxygen atoms in total. The van der Waals surface area contributed by atoms with Crippen molar-refractivity contribution in [2.24, 2.45) is 5.41 Å².